The number of hydrogen-bond acceptors (Lipinski definition) is 5. The van der Waals surface area contributed by atoms with Crippen LogP contribution in [0.4, 0.5) is 0 Å². The summed E-state index contributed by atoms with van der Waals surface area (Å²) >= 11 is 0. The Labute approximate surface area is 113 Å². The third kappa shape index (κ3) is 3.94. The highest BCUT2D eigenvalue weighted by molar-refractivity contribution is 5.85. The average molecular weight is 278 g/mol. The second-order valence-corrected chi connectivity index (χ2v) is 3.75. The van der Waals surface area contributed by atoms with Crippen LogP contribution in [0.15, 0.2) is 12.1 Å². The summed E-state index contributed by atoms with van der Waals surface area (Å²) in [7, 11) is 2.94. The van der Waals surface area contributed by atoms with E-state index in [1.165, 1.54) is 14.2 Å². The molecule has 6 heteroatoms. The SMILES string of the molecule is COc1cc([C@@H](N)CCCO)cc(OC)c1O.Cl. The van der Waals surface area contributed by atoms with Gasteiger partial charge in [-0.25, -0.2) is 0 Å². The molecule has 0 fully saturated rings. The number of phenols is 1. The Kier molecular flexibility index (Phi) is 7.50. The fraction of sp³-hybridized carbons (Fsp3) is 0.500. The lowest BCUT2D eigenvalue weighted by Crippen LogP contribution is -2.11. The van der Waals surface area contributed by atoms with Crippen molar-refractivity contribution in [2.45, 2.75) is 18.9 Å². The lowest BCUT2D eigenvalue weighted by atomic mass is 10.0. The van der Waals surface area contributed by atoms with E-state index < -0.39 is 0 Å². The first-order valence-corrected chi connectivity index (χ1v) is 5.45. The number of nitrogens with two attached hydrogens (primary N) is 1. The van der Waals surface area contributed by atoms with Crippen molar-refractivity contribution < 1.29 is 19.7 Å². The van der Waals surface area contributed by atoms with Crippen LogP contribution < -0.4 is 15.2 Å². The molecule has 1 atom stereocenters. The first-order valence-electron chi connectivity index (χ1n) is 5.45. The van der Waals surface area contributed by atoms with Crippen molar-refractivity contribution in [1.82, 2.24) is 0 Å². The van der Waals surface area contributed by atoms with E-state index in [0.29, 0.717) is 24.3 Å². The van der Waals surface area contributed by atoms with Crippen molar-refractivity contribution >= 4 is 12.4 Å². The van der Waals surface area contributed by atoms with Crippen LogP contribution in [0.5, 0.6) is 17.2 Å². The summed E-state index contributed by atoms with van der Waals surface area (Å²) in [6.07, 6.45) is 1.29. The Hall–Kier alpha value is -1.17. The smallest absolute Gasteiger partial charge is 0.200 e. The van der Waals surface area contributed by atoms with Crippen molar-refractivity contribution in [1.29, 1.82) is 0 Å². The highest BCUT2D eigenvalue weighted by Gasteiger charge is 2.14. The molecule has 0 aliphatic carbocycles. The van der Waals surface area contributed by atoms with Gasteiger partial charge in [0.1, 0.15) is 0 Å². The van der Waals surface area contributed by atoms with Crippen molar-refractivity contribution in [3.63, 3.8) is 0 Å². The Bertz CT molecular complexity index is 348. The first kappa shape index (κ1) is 16.8. The monoisotopic (exact) mass is 277 g/mol. The summed E-state index contributed by atoms with van der Waals surface area (Å²) in [5, 5.41) is 18.5. The summed E-state index contributed by atoms with van der Waals surface area (Å²) < 4.78 is 10.1. The molecule has 0 heterocycles. The lowest BCUT2D eigenvalue weighted by Gasteiger charge is -2.15. The van der Waals surface area contributed by atoms with E-state index in [2.05, 4.69) is 0 Å². The van der Waals surface area contributed by atoms with Crippen LogP contribution in [0.2, 0.25) is 0 Å². The van der Waals surface area contributed by atoms with Gasteiger partial charge in [0, 0.05) is 12.6 Å². The van der Waals surface area contributed by atoms with Gasteiger partial charge in [-0.2, -0.15) is 0 Å². The normalized spacial score (nSPS) is 11.6. The predicted octanol–water partition coefficient (Wildman–Crippen LogP) is 1.60. The van der Waals surface area contributed by atoms with Gasteiger partial charge in [-0.15, -0.1) is 12.4 Å². The van der Waals surface area contributed by atoms with Crippen LogP contribution in [0, 0.1) is 0 Å². The molecule has 1 rings (SSSR count). The maximum absolute atomic E-state index is 9.74. The molecule has 1 aromatic rings. The number of methoxy groups -OCH3 is 2. The van der Waals surface area contributed by atoms with Crippen molar-refractivity contribution in [3.05, 3.63) is 17.7 Å². The third-order valence-electron chi connectivity index (χ3n) is 2.60. The second kappa shape index (κ2) is 8.02. The molecule has 0 aliphatic rings. The van der Waals surface area contributed by atoms with E-state index in [9.17, 15) is 5.11 Å². The molecule has 0 aromatic heterocycles. The molecular formula is C12H20ClNO4. The highest BCUT2D eigenvalue weighted by atomic mass is 35.5. The summed E-state index contributed by atoms with van der Waals surface area (Å²) in [6, 6.07) is 3.14. The number of ether oxygens (including phenoxy) is 2. The molecule has 0 aliphatic heterocycles. The van der Waals surface area contributed by atoms with Gasteiger partial charge in [0.25, 0.3) is 0 Å². The third-order valence-corrected chi connectivity index (χ3v) is 2.60. The average Bonchev–Trinajstić information content (AvgIpc) is 2.36. The number of aromatic hydroxyl groups is 1. The Morgan fingerprint density at radius 2 is 1.72 bits per heavy atom. The maximum atomic E-state index is 9.74. The van der Waals surface area contributed by atoms with Crippen LogP contribution >= 0.6 is 12.4 Å². The molecule has 18 heavy (non-hydrogen) atoms. The molecule has 104 valence electrons. The molecule has 0 spiro atoms. The zero-order valence-corrected chi connectivity index (χ0v) is 11.4. The van der Waals surface area contributed by atoms with Gasteiger partial charge in [-0.1, -0.05) is 0 Å². The van der Waals surface area contributed by atoms with Crippen LogP contribution in [-0.4, -0.2) is 31.0 Å². The van der Waals surface area contributed by atoms with Gasteiger partial charge < -0.3 is 25.4 Å². The predicted molar refractivity (Wildman–Crippen MR) is 71.7 cm³/mol. The van der Waals surface area contributed by atoms with Crippen LogP contribution in [-0.2, 0) is 0 Å². The topological polar surface area (TPSA) is 84.9 Å². The van der Waals surface area contributed by atoms with Crippen LogP contribution in [0.25, 0.3) is 0 Å². The van der Waals surface area contributed by atoms with E-state index >= 15 is 0 Å². The molecule has 0 radical (unpaired) electrons. The molecule has 4 N–H and O–H groups in total. The summed E-state index contributed by atoms with van der Waals surface area (Å²) in [4.78, 5) is 0. The molecular weight excluding hydrogens is 258 g/mol. The number of phenolic OH excluding ortho intramolecular Hbond substituents is 1. The minimum atomic E-state index is -0.217. The zero-order valence-electron chi connectivity index (χ0n) is 10.5. The quantitative estimate of drug-likeness (QED) is 0.735. The van der Waals surface area contributed by atoms with E-state index in [4.69, 9.17) is 20.3 Å². The van der Waals surface area contributed by atoms with Gasteiger partial charge in [-0.3, -0.25) is 0 Å². The number of aliphatic hydroxyl groups is 1. The number of benzene rings is 1. The van der Waals surface area contributed by atoms with Gasteiger partial charge in [0.2, 0.25) is 5.75 Å². The Morgan fingerprint density at radius 1 is 1.22 bits per heavy atom. The molecule has 0 amide bonds. The highest BCUT2D eigenvalue weighted by Crippen LogP contribution is 2.38. The molecule has 5 nitrogen and oxygen atoms in total. The molecule has 0 saturated carbocycles. The van der Waals surface area contributed by atoms with E-state index in [1.54, 1.807) is 12.1 Å². The number of halogens is 1. The van der Waals surface area contributed by atoms with Gasteiger partial charge in [0.15, 0.2) is 11.5 Å². The standard InChI is InChI=1S/C12H19NO4.ClH/c1-16-10-6-8(9(13)4-3-5-14)7-11(17-2)12(10)15;/h6-7,9,14-15H,3-5,13H2,1-2H3;1H/t9-;/m0./s1. The Morgan fingerprint density at radius 3 is 2.11 bits per heavy atom. The number of aliphatic hydroxyl groups excluding tert-OH is 1. The minimum absolute atomic E-state index is 0. The van der Waals surface area contributed by atoms with Gasteiger partial charge >= 0.3 is 0 Å². The summed E-state index contributed by atoms with van der Waals surface area (Å²) in [5.41, 5.74) is 6.78. The first-order chi connectivity index (χ1) is 8.13. The Balaban J connectivity index is 0.00000289. The van der Waals surface area contributed by atoms with Crippen molar-refractivity contribution in [2.24, 2.45) is 5.73 Å². The molecule has 1 aromatic carbocycles. The maximum Gasteiger partial charge on any atom is 0.200 e. The van der Waals surface area contributed by atoms with Gasteiger partial charge in [-0.05, 0) is 30.5 Å². The summed E-state index contributed by atoms with van der Waals surface area (Å²) in [6.45, 7) is 0.111. The molecule has 0 bridgehead atoms. The molecule has 0 saturated heterocycles. The lowest BCUT2D eigenvalue weighted by molar-refractivity contribution is 0.279. The van der Waals surface area contributed by atoms with E-state index in [0.717, 1.165) is 5.56 Å². The summed E-state index contributed by atoms with van der Waals surface area (Å²) in [5.74, 6) is 0.630. The van der Waals surface area contributed by atoms with Crippen molar-refractivity contribution in [3.8, 4) is 17.2 Å². The van der Waals surface area contributed by atoms with Gasteiger partial charge in [0.05, 0.1) is 14.2 Å². The largest absolute Gasteiger partial charge is 0.502 e. The molecule has 0 unspecified atom stereocenters. The van der Waals surface area contributed by atoms with Crippen molar-refractivity contribution in [2.75, 3.05) is 20.8 Å². The minimum Gasteiger partial charge on any atom is -0.502 e. The van der Waals surface area contributed by atoms with Crippen LogP contribution in [0.1, 0.15) is 24.4 Å². The zero-order chi connectivity index (χ0) is 12.8. The van der Waals surface area contributed by atoms with E-state index in [1.807, 2.05) is 0 Å². The van der Waals surface area contributed by atoms with E-state index in [-0.39, 0.29) is 30.8 Å². The fourth-order valence-corrected chi connectivity index (χ4v) is 1.61. The number of hydrogen-bond donors (Lipinski definition) is 3. The van der Waals surface area contributed by atoms with Crippen LogP contribution in [0.3, 0.4) is 0 Å². The fourth-order valence-electron chi connectivity index (χ4n) is 1.61. The second-order valence-electron chi connectivity index (χ2n) is 3.75. The number of rotatable bonds is 6.